The number of rotatable bonds is 5. The Morgan fingerprint density at radius 2 is 1.93 bits per heavy atom. The summed E-state index contributed by atoms with van der Waals surface area (Å²) in [5, 5.41) is 9.63. The minimum atomic E-state index is -4.60. The van der Waals surface area contributed by atoms with E-state index in [1.165, 1.54) is 17.7 Å². The number of thiazole rings is 1. The van der Waals surface area contributed by atoms with Gasteiger partial charge in [-0.1, -0.05) is 30.4 Å². The first-order valence-corrected chi connectivity index (χ1v) is 9.66. The van der Waals surface area contributed by atoms with E-state index in [1.807, 2.05) is 0 Å². The van der Waals surface area contributed by atoms with E-state index in [9.17, 15) is 27.9 Å². The monoisotopic (exact) mass is 438 g/mol. The van der Waals surface area contributed by atoms with E-state index in [-0.39, 0.29) is 16.8 Å². The average Bonchev–Trinajstić information content (AvgIpc) is 3.05. The van der Waals surface area contributed by atoms with Gasteiger partial charge in [-0.2, -0.15) is 18.2 Å². The lowest BCUT2D eigenvalue weighted by Crippen LogP contribution is -2.27. The van der Waals surface area contributed by atoms with Gasteiger partial charge in [0.1, 0.15) is 11.8 Å². The maximum Gasteiger partial charge on any atom is 0.416 e. The lowest BCUT2D eigenvalue weighted by Gasteiger charge is -2.13. The highest BCUT2D eigenvalue weighted by molar-refractivity contribution is 7.16. The number of alkyl halides is 3. The number of hydrogen-bond donors (Lipinski definition) is 1. The summed E-state index contributed by atoms with van der Waals surface area (Å²) in [5.41, 5.74) is -0.709. The van der Waals surface area contributed by atoms with Crippen molar-refractivity contribution in [3.05, 3.63) is 58.4 Å². The first kappa shape index (κ1) is 21.6. The summed E-state index contributed by atoms with van der Waals surface area (Å²) in [6.45, 7) is 1.67. The topological polar surface area (TPSA) is 80.9 Å². The van der Waals surface area contributed by atoms with Gasteiger partial charge in [-0.15, -0.1) is 0 Å². The van der Waals surface area contributed by atoms with Crippen molar-refractivity contribution in [2.45, 2.75) is 25.6 Å². The lowest BCUT2D eigenvalue weighted by atomic mass is 10.1. The van der Waals surface area contributed by atoms with Crippen LogP contribution in [0.15, 0.2) is 47.5 Å². The molecule has 0 fully saturated rings. The first-order valence-electron chi connectivity index (χ1n) is 8.84. The number of fused-ring (bicyclic) bond motifs is 1. The van der Waals surface area contributed by atoms with E-state index in [0.29, 0.717) is 16.0 Å². The van der Waals surface area contributed by atoms with Crippen LogP contribution in [-0.4, -0.2) is 28.7 Å². The van der Waals surface area contributed by atoms with Gasteiger partial charge in [0.25, 0.3) is 5.91 Å². The third kappa shape index (κ3) is 4.09. The molecule has 1 atom stereocenters. The number of methoxy groups -OCH3 is 1. The Hall–Kier alpha value is -3.14. The molecule has 30 heavy (non-hydrogen) atoms. The van der Waals surface area contributed by atoms with E-state index in [4.69, 9.17) is 4.74 Å². The van der Waals surface area contributed by atoms with Crippen LogP contribution in [0.1, 0.15) is 35.3 Å². The summed E-state index contributed by atoms with van der Waals surface area (Å²) in [5.74, 6) is -1.55. The predicted molar refractivity (Wildman–Crippen MR) is 105 cm³/mol. The summed E-state index contributed by atoms with van der Waals surface area (Å²) in [6.07, 6.45) is -4.39. The summed E-state index contributed by atoms with van der Waals surface area (Å²) >= 11 is 1.03. The normalized spacial score (nSPS) is 13.4. The summed E-state index contributed by atoms with van der Waals surface area (Å²) in [6, 6.07) is 7.96. The number of aromatic nitrogens is 1. The molecule has 3 rings (SSSR count). The molecule has 0 saturated heterocycles. The number of aliphatic carboxylic acids is 1. The first-order chi connectivity index (χ1) is 14.2. The number of halogens is 3. The number of amides is 1. The van der Waals surface area contributed by atoms with Gasteiger partial charge < -0.3 is 14.4 Å². The molecule has 0 aliphatic carbocycles. The van der Waals surface area contributed by atoms with Crippen LogP contribution >= 0.6 is 11.3 Å². The van der Waals surface area contributed by atoms with E-state index in [2.05, 4.69) is 4.99 Å². The Kier molecular flexibility index (Phi) is 5.97. The molecule has 2 aromatic carbocycles. The zero-order chi connectivity index (χ0) is 22.1. The second-order valence-electron chi connectivity index (χ2n) is 6.32. The van der Waals surface area contributed by atoms with Crippen molar-refractivity contribution in [1.82, 2.24) is 4.57 Å². The molecule has 1 aromatic heterocycles. The van der Waals surface area contributed by atoms with Gasteiger partial charge in [0.2, 0.25) is 0 Å². The second kappa shape index (κ2) is 8.31. The summed E-state index contributed by atoms with van der Waals surface area (Å²) in [7, 11) is 1.46. The molecule has 158 valence electrons. The zero-order valence-corrected chi connectivity index (χ0v) is 16.8. The molecular formula is C20H17F3N2O4S. The summed E-state index contributed by atoms with van der Waals surface area (Å²) < 4.78 is 46.2. The molecule has 0 bridgehead atoms. The van der Waals surface area contributed by atoms with Crippen LogP contribution in [-0.2, 0) is 11.0 Å². The number of carboxylic acid groups (broad SMARTS) is 1. The molecule has 10 heteroatoms. The quantitative estimate of drug-likeness (QED) is 0.636. The van der Waals surface area contributed by atoms with Gasteiger partial charge >= 0.3 is 12.1 Å². The Morgan fingerprint density at radius 3 is 2.53 bits per heavy atom. The molecule has 0 spiro atoms. The molecule has 0 aliphatic rings. The third-order valence-corrected chi connectivity index (χ3v) is 5.54. The number of nitrogens with zero attached hydrogens (tertiary/aromatic N) is 2. The summed E-state index contributed by atoms with van der Waals surface area (Å²) in [4.78, 5) is 28.5. The molecular weight excluding hydrogens is 421 g/mol. The standard InChI is InChI=1S/C20H17F3N2O4S/c1-3-13(18(27)28)25-14-8-5-9-15(29-2)16(14)30-19(25)24-17(26)11-6-4-7-12(10-11)20(21,22)23/h4-10,13H,3H2,1-2H3,(H,27,28)/b24-19-. The molecule has 6 nitrogen and oxygen atoms in total. The van der Waals surface area contributed by atoms with Crippen molar-refractivity contribution >= 4 is 33.4 Å². The minimum absolute atomic E-state index is 0.0613. The smallest absolute Gasteiger partial charge is 0.416 e. The maximum atomic E-state index is 13.0. The fraction of sp³-hybridized carbons (Fsp3) is 0.250. The van der Waals surface area contributed by atoms with Crippen molar-refractivity contribution in [3.63, 3.8) is 0 Å². The molecule has 1 amide bonds. The van der Waals surface area contributed by atoms with Crippen molar-refractivity contribution < 1.29 is 32.6 Å². The number of hydrogen-bond acceptors (Lipinski definition) is 4. The SMILES string of the molecule is CCC(C(=O)O)n1/c(=N/C(=O)c2cccc(C(F)(F)F)c2)sc2c(OC)cccc21. The Balaban J connectivity index is 2.23. The average molecular weight is 438 g/mol. The highest BCUT2D eigenvalue weighted by Gasteiger charge is 2.31. The molecule has 0 radical (unpaired) electrons. The van der Waals surface area contributed by atoms with Crippen LogP contribution < -0.4 is 9.54 Å². The van der Waals surface area contributed by atoms with E-state index >= 15 is 0 Å². The molecule has 1 N–H and O–H groups in total. The van der Waals surface area contributed by atoms with Crippen molar-refractivity contribution in [1.29, 1.82) is 0 Å². The van der Waals surface area contributed by atoms with Crippen molar-refractivity contribution in [2.75, 3.05) is 7.11 Å². The van der Waals surface area contributed by atoms with Crippen LogP contribution in [0.4, 0.5) is 13.2 Å². The van der Waals surface area contributed by atoms with Gasteiger partial charge in [-0.3, -0.25) is 4.79 Å². The number of carboxylic acids is 1. The van der Waals surface area contributed by atoms with Gasteiger partial charge in [0.05, 0.1) is 22.9 Å². The van der Waals surface area contributed by atoms with Crippen LogP contribution in [0, 0.1) is 0 Å². The largest absolute Gasteiger partial charge is 0.495 e. The van der Waals surface area contributed by atoms with E-state index < -0.39 is 29.7 Å². The molecule has 1 unspecified atom stereocenters. The zero-order valence-electron chi connectivity index (χ0n) is 15.9. The number of benzene rings is 2. The van der Waals surface area contributed by atoms with Gasteiger partial charge in [-0.05, 0) is 36.8 Å². The Labute approximate surface area is 172 Å². The molecule has 0 saturated carbocycles. The molecule has 0 aliphatic heterocycles. The Bertz CT molecular complexity index is 1180. The fourth-order valence-electron chi connectivity index (χ4n) is 3.03. The number of carbonyl (C=O) groups excluding carboxylic acids is 1. The van der Waals surface area contributed by atoms with E-state index in [0.717, 1.165) is 29.5 Å². The van der Waals surface area contributed by atoms with Crippen LogP contribution in [0.2, 0.25) is 0 Å². The van der Waals surface area contributed by atoms with Crippen LogP contribution in [0.25, 0.3) is 10.2 Å². The van der Waals surface area contributed by atoms with Crippen LogP contribution in [0.3, 0.4) is 0 Å². The van der Waals surface area contributed by atoms with Crippen molar-refractivity contribution in [2.24, 2.45) is 4.99 Å². The lowest BCUT2D eigenvalue weighted by molar-refractivity contribution is -0.141. The predicted octanol–water partition coefficient (Wildman–Crippen LogP) is 4.51. The highest BCUT2D eigenvalue weighted by atomic mass is 32.1. The maximum absolute atomic E-state index is 13.0. The molecule has 1 heterocycles. The van der Waals surface area contributed by atoms with Crippen molar-refractivity contribution in [3.8, 4) is 5.75 Å². The van der Waals surface area contributed by atoms with Gasteiger partial charge in [0, 0.05) is 5.56 Å². The fourth-order valence-corrected chi connectivity index (χ4v) is 4.18. The van der Waals surface area contributed by atoms with Crippen LogP contribution in [0.5, 0.6) is 5.75 Å². The number of carbonyl (C=O) groups is 2. The molecule has 3 aromatic rings. The van der Waals surface area contributed by atoms with Gasteiger partial charge in [0.15, 0.2) is 4.80 Å². The Morgan fingerprint density at radius 1 is 1.23 bits per heavy atom. The highest BCUT2D eigenvalue weighted by Crippen LogP contribution is 2.31. The minimum Gasteiger partial charge on any atom is -0.495 e. The van der Waals surface area contributed by atoms with E-state index in [1.54, 1.807) is 25.1 Å². The number of ether oxygens (including phenoxy) is 1. The third-order valence-electron chi connectivity index (χ3n) is 4.45. The van der Waals surface area contributed by atoms with Gasteiger partial charge in [-0.25, -0.2) is 4.79 Å². The second-order valence-corrected chi connectivity index (χ2v) is 7.30.